The Morgan fingerprint density at radius 1 is 1.12 bits per heavy atom. The van der Waals surface area contributed by atoms with Crippen LogP contribution < -0.4 is 10.2 Å². The van der Waals surface area contributed by atoms with Crippen molar-refractivity contribution in [2.75, 3.05) is 11.4 Å². The maximum atomic E-state index is 12.5. The average Bonchev–Trinajstić information content (AvgIpc) is 3.11. The maximum Gasteiger partial charge on any atom is 0.270 e. The van der Waals surface area contributed by atoms with Gasteiger partial charge in [0, 0.05) is 30.7 Å². The fourth-order valence-corrected chi connectivity index (χ4v) is 3.30. The minimum Gasteiger partial charge on any atom is -0.347 e. The van der Waals surface area contributed by atoms with Crippen molar-refractivity contribution in [3.05, 3.63) is 89.2 Å². The van der Waals surface area contributed by atoms with E-state index in [9.17, 15) is 4.79 Å². The molecule has 1 amide bonds. The number of nitrogens with one attached hydrogen (secondary N) is 1. The highest BCUT2D eigenvalue weighted by Gasteiger charge is 2.20. The normalized spacial score (nSPS) is 12.7. The van der Waals surface area contributed by atoms with Gasteiger partial charge in [0.1, 0.15) is 5.69 Å². The monoisotopic (exact) mass is 343 g/mol. The number of amides is 1. The predicted octanol–water partition coefficient (Wildman–Crippen LogP) is 4.01. The Hall–Kier alpha value is -3.14. The molecule has 1 aliphatic rings. The van der Waals surface area contributed by atoms with Crippen molar-refractivity contribution in [1.82, 2.24) is 10.3 Å². The molecule has 26 heavy (non-hydrogen) atoms. The molecule has 0 saturated heterocycles. The number of carbonyl (C=O) groups is 1. The summed E-state index contributed by atoms with van der Waals surface area (Å²) in [6.45, 7) is 3.47. The van der Waals surface area contributed by atoms with Crippen molar-refractivity contribution in [1.29, 1.82) is 0 Å². The van der Waals surface area contributed by atoms with Crippen LogP contribution in [0.4, 0.5) is 11.4 Å². The van der Waals surface area contributed by atoms with E-state index in [1.165, 1.54) is 16.8 Å². The molecule has 3 aromatic rings. The summed E-state index contributed by atoms with van der Waals surface area (Å²) in [5.41, 5.74) is 6.29. The highest BCUT2D eigenvalue weighted by atomic mass is 16.1. The van der Waals surface area contributed by atoms with Crippen LogP contribution in [0, 0.1) is 6.92 Å². The van der Waals surface area contributed by atoms with Gasteiger partial charge >= 0.3 is 0 Å². The second kappa shape index (κ2) is 7.00. The summed E-state index contributed by atoms with van der Waals surface area (Å²) < 4.78 is 0. The third kappa shape index (κ3) is 3.31. The van der Waals surface area contributed by atoms with Crippen LogP contribution in [-0.2, 0) is 13.0 Å². The Labute approximate surface area is 153 Å². The SMILES string of the molecule is Cc1ccc(CNC(=O)c2cc(N3CCc4ccccc43)ccn2)cc1. The van der Waals surface area contributed by atoms with Gasteiger partial charge in [-0.1, -0.05) is 48.0 Å². The van der Waals surface area contributed by atoms with E-state index >= 15 is 0 Å². The molecule has 0 spiro atoms. The Bertz CT molecular complexity index is 934. The molecule has 0 bridgehead atoms. The Morgan fingerprint density at radius 2 is 1.92 bits per heavy atom. The van der Waals surface area contributed by atoms with Gasteiger partial charge in [-0.2, -0.15) is 0 Å². The first kappa shape index (κ1) is 16.3. The number of fused-ring (bicyclic) bond motifs is 1. The zero-order valence-corrected chi connectivity index (χ0v) is 14.8. The fraction of sp³-hybridized carbons (Fsp3) is 0.182. The third-order valence-corrected chi connectivity index (χ3v) is 4.75. The first-order valence-corrected chi connectivity index (χ1v) is 8.86. The maximum absolute atomic E-state index is 12.5. The molecular weight excluding hydrogens is 322 g/mol. The van der Waals surface area contributed by atoms with Gasteiger partial charge in [0.2, 0.25) is 0 Å². The highest BCUT2D eigenvalue weighted by Crippen LogP contribution is 2.34. The molecule has 0 radical (unpaired) electrons. The van der Waals surface area contributed by atoms with Crippen LogP contribution in [0.2, 0.25) is 0 Å². The quantitative estimate of drug-likeness (QED) is 0.778. The van der Waals surface area contributed by atoms with E-state index in [2.05, 4.69) is 33.4 Å². The van der Waals surface area contributed by atoms with Crippen LogP contribution in [0.25, 0.3) is 0 Å². The summed E-state index contributed by atoms with van der Waals surface area (Å²) in [6, 6.07) is 20.4. The van der Waals surface area contributed by atoms with Gasteiger partial charge in [-0.25, -0.2) is 0 Å². The number of para-hydroxylation sites is 1. The number of pyridine rings is 1. The lowest BCUT2D eigenvalue weighted by Crippen LogP contribution is -2.24. The van der Waals surface area contributed by atoms with Crippen LogP contribution >= 0.6 is 0 Å². The number of aryl methyl sites for hydroxylation is 1. The van der Waals surface area contributed by atoms with Crippen LogP contribution in [0.1, 0.15) is 27.2 Å². The van der Waals surface area contributed by atoms with Gasteiger partial charge in [0.05, 0.1) is 0 Å². The molecule has 1 aliphatic heterocycles. The lowest BCUT2D eigenvalue weighted by Gasteiger charge is -2.19. The Kier molecular flexibility index (Phi) is 4.40. The number of carbonyl (C=O) groups excluding carboxylic acids is 1. The fourth-order valence-electron chi connectivity index (χ4n) is 3.30. The van der Waals surface area contributed by atoms with Gasteiger partial charge in [-0.05, 0) is 42.7 Å². The molecule has 0 atom stereocenters. The second-order valence-electron chi connectivity index (χ2n) is 6.60. The minimum atomic E-state index is -0.153. The molecule has 0 aliphatic carbocycles. The summed E-state index contributed by atoms with van der Waals surface area (Å²) in [7, 11) is 0. The number of rotatable bonds is 4. The number of aromatic nitrogens is 1. The van der Waals surface area contributed by atoms with Crippen LogP contribution in [0.15, 0.2) is 66.9 Å². The van der Waals surface area contributed by atoms with E-state index in [-0.39, 0.29) is 5.91 Å². The molecule has 1 N–H and O–H groups in total. The molecule has 4 nitrogen and oxygen atoms in total. The zero-order valence-electron chi connectivity index (χ0n) is 14.8. The van der Waals surface area contributed by atoms with Gasteiger partial charge in [0.15, 0.2) is 0 Å². The van der Waals surface area contributed by atoms with Crippen molar-refractivity contribution in [3.63, 3.8) is 0 Å². The second-order valence-corrected chi connectivity index (χ2v) is 6.60. The van der Waals surface area contributed by atoms with Crippen molar-refractivity contribution in [3.8, 4) is 0 Å². The summed E-state index contributed by atoms with van der Waals surface area (Å²) in [5.74, 6) is -0.153. The molecule has 4 heteroatoms. The lowest BCUT2D eigenvalue weighted by atomic mass is 10.1. The summed E-state index contributed by atoms with van der Waals surface area (Å²) in [5, 5.41) is 2.95. The molecule has 0 fully saturated rings. The van der Waals surface area contributed by atoms with E-state index in [1.54, 1.807) is 6.20 Å². The predicted molar refractivity (Wildman–Crippen MR) is 104 cm³/mol. The molecular formula is C22H21N3O. The molecule has 130 valence electrons. The minimum absolute atomic E-state index is 0.153. The number of hydrogen-bond acceptors (Lipinski definition) is 3. The average molecular weight is 343 g/mol. The molecule has 4 rings (SSSR count). The van der Waals surface area contributed by atoms with Crippen molar-refractivity contribution in [2.45, 2.75) is 19.9 Å². The van der Waals surface area contributed by atoms with Crippen molar-refractivity contribution >= 4 is 17.3 Å². The van der Waals surface area contributed by atoms with Gasteiger partial charge in [0.25, 0.3) is 5.91 Å². The number of nitrogens with zero attached hydrogens (tertiary/aromatic N) is 2. The molecule has 0 unspecified atom stereocenters. The van der Waals surface area contributed by atoms with E-state index < -0.39 is 0 Å². The molecule has 1 aromatic heterocycles. The van der Waals surface area contributed by atoms with E-state index in [0.717, 1.165) is 24.2 Å². The number of hydrogen-bond donors (Lipinski definition) is 1. The van der Waals surface area contributed by atoms with Crippen LogP contribution in [0.5, 0.6) is 0 Å². The first-order valence-electron chi connectivity index (χ1n) is 8.86. The zero-order chi connectivity index (χ0) is 17.9. The van der Waals surface area contributed by atoms with Crippen molar-refractivity contribution < 1.29 is 4.79 Å². The molecule has 0 saturated carbocycles. The van der Waals surface area contributed by atoms with Crippen molar-refractivity contribution in [2.24, 2.45) is 0 Å². The Morgan fingerprint density at radius 3 is 2.77 bits per heavy atom. The number of anilines is 2. The lowest BCUT2D eigenvalue weighted by molar-refractivity contribution is 0.0946. The van der Waals surface area contributed by atoms with Crippen LogP contribution in [-0.4, -0.2) is 17.4 Å². The standard InChI is InChI=1S/C22H21N3O/c1-16-6-8-17(9-7-16)15-24-22(26)20-14-19(10-12-23-20)25-13-11-18-4-2-3-5-21(18)25/h2-10,12,14H,11,13,15H2,1H3,(H,24,26). The smallest absolute Gasteiger partial charge is 0.270 e. The third-order valence-electron chi connectivity index (χ3n) is 4.75. The van der Waals surface area contributed by atoms with E-state index in [4.69, 9.17) is 0 Å². The molecule has 2 aromatic carbocycles. The largest absolute Gasteiger partial charge is 0.347 e. The van der Waals surface area contributed by atoms with Gasteiger partial charge in [-0.3, -0.25) is 9.78 Å². The van der Waals surface area contributed by atoms with Gasteiger partial charge in [-0.15, -0.1) is 0 Å². The summed E-state index contributed by atoms with van der Waals surface area (Å²) in [6.07, 6.45) is 2.73. The van der Waals surface area contributed by atoms with E-state index in [0.29, 0.717) is 12.2 Å². The van der Waals surface area contributed by atoms with E-state index in [1.807, 2.05) is 49.4 Å². The molecule has 2 heterocycles. The summed E-state index contributed by atoms with van der Waals surface area (Å²) in [4.78, 5) is 19.0. The first-order chi connectivity index (χ1) is 12.7. The van der Waals surface area contributed by atoms with Crippen LogP contribution in [0.3, 0.4) is 0 Å². The van der Waals surface area contributed by atoms with Gasteiger partial charge < -0.3 is 10.2 Å². The Balaban J connectivity index is 1.49. The topological polar surface area (TPSA) is 45.2 Å². The summed E-state index contributed by atoms with van der Waals surface area (Å²) >= 11 is 0. The number of benzene rings is 2. The highest BCUT2D eigenvalue weighted by molar-refractivity contribution is 5.93.